The summed E-state index contributed by atoms with van der Waals surface area (Å²) in [5.41, 5.74) is 1.18. The molecule has 1 atom stereocenters. The molecule has 0 saturated carbocycles. The van der Waals surface area contributed by atoms with Crippen LogP contribution in [0.5, 0.6) is 5.75 Å². The number of nitrogens with zero attached hydrogens (tertiary/aromatic N) is 2. The number of ether oxygens (including phenoxy) is 2. The van der Waals surface area contributed by atoms with Crippen molar-refractivity contribution in [2.75, 3.05) is 19.8 Å². The van der Waals surface area contributed by atoms with E-state index in [0.29, 0.717) is 38.2 Å². The van der Waals surface area contributed by atoms with Gasteiger partial charge in [-0.15, -0.1) is 0 Å². The summed E-state index contributed by atoms with van der Waals surface area (Å²) in [6, 6.07) is 8.37. The summed E-state index contributed by atoms with van der Waals surface area (Å²) < 4.78 is 40.9. The lowest BCUT2D eigenvalue weighted by molar-refractivity contribution is 0.0187. The molecule has 0 bridgehead atoms. The van der Waals surface area contributed by atoms with Gasteiger partial charge in [0, 0.05) is 24.7 Å². The van der Waals surface area contributed by atoms with Gasteiger partial charge in [-0.25, -0.2) is 4.79 Å². The van der Waals surface area contributed by atoms with E-state index < -0.39 is 15.7 Å². The van der Waals surface area contributed by atoms with Gasteiger partial charge in [0.1, 0.15) is 18.0 Å². The van der Waals surface area contributed by atoms with E-state index in [1.54, 1.807) is 41.6 Å². The van der Waals surface area contributed by atoms with Crippen molar-refractivity contribution < 1.29 is 26.9 Å². The summed E-state index contributed by atoms with van der Waals surface area (Å²) in [5.74, 6) is 6.75. The number of hydrogen-bond acceptors (Lipinski definition) is 7. The van der Waals surface area contributed by atoms with Crippen LogP contribution in [0, 0.1) is 18.8 Å². The number of hydrogen-bond donors (Lipinski definition) is 0. The third-order valence-electron chi connectivity index (χ3n) is 5.64. The lowest BCUT2D eigenvalue weighted by Gasteiger charge is -2.28. The number of carbonyl (C=O) groups is 1. The fourth-order valence-corrected chi connectivity index (χ4v) is 4.69. The van der Waals surface area contributed by atoms with Gasteiger partial charge in [-0.1, -0.05) is 29.5 Å². The lowest BCUT2D eigenvalue weighted by Crippen LogP contribution is -2.42. The fraction of sp³-hybridized carbons (Fsp3) is 0.500. The first-order valence-corrected chi connectivity index (χ1v) is 14.0. The van der Waals surface area contributed by atoms with Gasteiger partial charge in [0.15, 0.2) is 0 Å². The Morgan fingerprint density at radius 1 is 1.16 bits per heavy atom. The highest BCUT2D eigenvalue weighted by Crippen LogP contribution is 2.22. The molecule has 0 N–H and O–H groups in total. The maximum absolute atomic E-state index is 12.5. The third kappa shape index (κ3) is 9.38. The van der Waals surface area contributed by atoms with Crippen molar-refractivity contribution in [3.05, 3.63) is 53.9 Å². The molecule has 8 nitrogen and oxygen atoms in total. The molecule has 1 aliphatic rings. The summed E-state index contributed by atoms with van der Waals surface area (Å²) in [6.07, 6.45) is 6.66. The smallest absolute Gasteiger partial charge is 0.410 e. The zero-order valence-corrected chi connectivity index (χ0v) is 22.8. The predicted octanol–water partition coefficient (Wildman–Crippen LogP) is 5.10. The standard InChI is InChI=1S/C28H36N2O6S/c1-22-12-14-26(15-13-22)37(32,33)35-17-8-6-5-7-10-23-18-25(20-29-19-23)34-21-24-11-9-16-30(24)27(31)36-28(2,3)4/h12-15,18-20,24H,5-6,8-9,11,16-17,21H2,1-4H3/t24-/m0/s1. The zero-order chi connectivity index (χ0) is 26.9. The molecule has 9 heteroatoms. The Bertz CT molecular complexity index is 1210. The second-order valence-electron chi connectivity index (χ2n) is 10.0. The van der Waals surface area contributed by atoms with Crippen LogP contribution in [0.1, 0.15) is 64.0 Å². The molecular formula is C28H36N2O6S. The largest absolute Gasteiger partial charge is 0.490 e. The number of benzene rings is 1. The first-order chi connectivity index (χ1) is 17.5. The molecule has 1 saturated heterocycles. The van der Waals surface area contributed by atoms with Crippen molar-refractivity contribution in [2.24, 2.45) is 0 Å². The number of rotatable bonds is 9. The van der Waals surface area contributed by atoms with Crippen molar-refractivity contribution in [1.29, 1.82) is 0 Å². The number of likely N-dealkylation sites (tertiary alicyclic amines) is 1. The van der Waals surface area contributed by atoms with E-state index in [0.717, 1.165) is 24.0 Å². The Labute approximate surface area is 220 Å². The summed E-state index contributed by atoms with van der Waals surface area (Å²) in [4.78, 5) is 18.6. The van der Waals surface area contributed by atoms with Crippen LogP contribution in [0.3, 0.4) is 0 Å². The van der Waals surface area contributed by atoms with Crippen LogP contribution in [-0.2, 0) is 19.0 Å². The van der Waals surface area contributed by atoms with E-state index in [4.69, 9.17) is 13.7 Å². The second-order valence-corrected chi connectivity index (χ2v) is 11.7. The van der Waals surface area contributed by atoms with Gasteiger partial charge in [-0.05, 0) is 71.6 Å². The molecule has 3 rings (SSSR count). The minimum atomic E-state index is -3.73. The van der Waals surface area contributed by atoms with Gasteiger partial charge in [0.25, 0.3) is 10.1 Å². The van der Waals surface area contributed by atoms with E-state index in [-0.39, 0.29) is 23.6 Å². The quantitative estimate of drug-likeness (QED) is 0.254. The molecule has 1 amide bonds. The van der Waals surface area contributed by atoms with Gasteiger partial charge < -0.3 is 14.4 Å². The molecule has 1 aliphatic heterocycles. The average Bonchev–Trinajstić information content (AvgIpc) is 3.31. The van der Waals surface area contributed by atoms with E-state index >= 15 is 0 Å². The Kier molecular flexibility index (Phi) is 9.95. The third-order valence-corrected chi connectivity index (χ3v) is 6.96. The summed E-state index contributed by atoms with van der Waals surface area (Å²) in [5, 5.41) is 0. The highest BCUT2D eigenvalue weighted by molar-refractivity contribution is 7.86. The highest BCUT2D eigenvalue weighted by Gasteiger charge is 2.32. The molecule has 1 fully saturated rings. The van der Waals surface area contributed by atoms with E-state index in [1.165, 1.54) is 0 Å². The van der Waals surface area contributed by atoms with Gasteiger partial charge in [0.05, 0.1) is 23.7 Å². The van der Waals surface area contributed by atoms with Crippen molar-refractivity contribution >= 4 is 16.2 Å². The number of aryl methyl sites for hydroxylation is 1. The van der Waals surface area contributed by atoms with Crippen molar-refractivity contribution in [2.45, 2.75) is 76.3 Å². The van der Waals surface area contributed by atoms with Crippen molar-refractivity contribution in [1.82, 2.24) is 9.88 Å². The van der Waals surface area contributed by atoms with Crippen LogP contribution in [0.2, 0.25) is 0 Å². The summed E-state index contributed by atoms with van der Waals surface area (Å²) in [7, 11) is -3.73. The monoisotopic (exact) mass is 528 g/mol. The highest BCUT2D eigenvalue weighted by atomic mass is 32.2. The summed E-state index contributed by atoms with van der Waals surface area (Å²) >= 11 is 0. The molecule has 2 aromatic rings. The molecule has 1 aromatic heterocycles. The van der Waals surface area contributed by atoms with Crippen LogP contribution in [0.4, 0.5) is 4.79 Å². The number of amides is 1. The predicted molar refractivity (Wildman–Crippen MR) is 141 cm³/mol. The van der Waals surface area contributed by atoms with Crippen LogP contribution < -0.4 is 4.74 Å². The normalized spacial score (nSPS) is 15.7. The molecule has 0 spiro atoms. The first-order valence-electron chi connectivity index (χ1n) is 12.6. The second kappa shape index (κ2) is 12.9. The van der Waals surface area contributed by atoms with Gasteiger partial charge in [0.2, 0.25) is 0 Å². The molecule has 0 aliphatic carbocycles. The van der Waals surface area contributed by atoms with Crippen molar-refractivity contribution in [3.8, 4) is 17.6 Å². The molecule has 200 valence electrons. The maximum atomic E-state index is 12.5. The first kappa shape index (κ1) is 28.5. The molecule has 1 aromatic carbocycles. The molecule has 0 radical (unpaired) electrons. The Morgan fingerprint density at radius 3 is 2.65 bits per heavy atom. The van der Waals surface area contributed by atoms with Gasteiger partial charge in [-0.2, -0.15) is 8.42 Å². The molecule has 2 heterocycles. The van der Waals surface area contributed by atoms with E-state index in [2.05, 4.69) is 16.8 Å². The fourth-order valence-electron chi connectivity index (χ4n) is 3.75. The van der Waals surface area contributed by atoms with Crippen LogP contribution >= 0.6 is 0 Å². The average molecular weight is 529 g/mol. The Morgan fingerprint density at radius 2 is 1.92 bits per heavy atom. The number of aromatic nitrogens is 1. The van der Waals surface area contributed by atoms with E-state index in [1.807, 2.05) is 33.8 Å². The molecular weight excluding hydrogens is 492 g/mol. The van der Waals surface area contributed by atoms with Crippen LogP contribution in [-0.4, -0.2) is 55.8 Å². The van der Waals surface area contributed by atoms with Gasteiger partial charge in [-0.3, -0.25) is 9.17 Å². The molecule has 0 unspecified atom stereocenters. The van der Waals surface area contributed by atoms with Crippen molar-refractivity contribution in [3.63, 3.8) is 0 Å². The summed E-state index contributed by atoms with van der Waals surface area (Å²) in [6.45, 7) is 8.61. The van der Waals surface area contributed by atoms with Crippen LogP contribution in [0.15, 0.2) is 47.6 Å². The maximum Gasteiger partial charge on any atom is 0.410 e. The van der Waals surface area contributed by atoms with Gasteiger partial charge >= 0.3 is 6.09 Å². The van der Waals surface area contributed by atoms with E-state index in [9.17, 15) is 13.2 Å². The molecule has 37 heavy (non-hydrogen) atoms. The topological polar surface area (TPSA) is 95.0 Å². The Hall–Kier alpha value is -3.09. The Balaban J connectivity index is 1.41. The minimum absolute atomic E-state index is 0.0402. The lowest BCUT2D eigenvalue weighted by atomic mass is 10.2. The van der Waals surface area contributed by atoms with Crippen LogP contribution in [0.25, 0.3) is 0 Å². The number of pyridine rings is 1. The SMILES string of the molecule is Cc1ccc(S(=O)(=O)OCCCCC#Cc2cncc(OC[C@@H]3CCCN3C(=O)OC(C)(C)C)c2)cc1. The minimum Gasteiger partial charge on any atom is -0.490 e. The zero-order valence-electron chi connectivity index (χ0n) is 22.0. The number of carbonyl (C=O) groups excluding carboxylic acids is 1. The number of unbranched alkanes of at least 4 members (excludes halogenated alkanes) is 2.